The standard InChI is InChI=1S/C15H22N4O3.C2H6/c20-19(21)15-2-1-14(11-16-15)18-5-3-13(4-6-18)12-17-7-9-22-10-8-17;1-2/h1-2,11,13H,3-10,12H2;1-2H3. The van der Waals surface area contributed by atoms with E-state index in [1.165, 1.54) is 6.07 Å². The Hall–Kier alpha value is -1.73. The Morgan fingerprint density at radius 3 is 2.42 bits per heavy atom. The van der Waals surface area contributed by atoms with Crippen LogP contribution in [-0.2, 0) is 4.74 Å². The molecule has 0 radical (unpaired) electrons. The van der Waals surface area contributed by atoms with Crippen LogP contribution in [0.2, 0.25) is 0 Å². The van der Waals surface area contributed by atoms with E-state index in [0.717, 1.165) is 70.4 Å². The summed E-state index contributed by atoms with van der Waals surface area (Å²) in [5, 5.41) is 10.6. The molecule has 2 aliphatic rings. The van der Waals surface area contributed by atoms with Gasteiger partial charge in [-0.15, -0.1) is 0 Å². The molecular weight excluding hydrogens is 308 g/mol. The maximum Gasteiger partial charge on any atom is 0.363 e. The SMILES string of the molecule is CC.O=[N+]([O-])c1ccc(N2CCC(CN3CCOCC3)CC2)cn1. The first-order valence-corrected chi connectivity index (χ1v) is 8.88. The highest BCUT2D eigenvalue weighted by Crippen LogP contribution is 2.24. The lowest BCUT2D eigenvalue weighted by Gasteiger charge is -2.36. The second-order valence-electron chi connectivity index (χ2n) is 5.98. The van der Waals surface area contributed by atoms with E-state index in [4.69, 9.17) is 4.74 Å². The van der Waals surface area contributed by atoms with Crippen molar-refractivity contribution >= 4 is 11.5 Å². The van der Waals surface area contributed by atoms with Crippen molar-refractivity contribution in [2.75, 3.05) is 50.8 Å². The molecule has 1 aromatic rings. The summed E-state index contributed by atoms with van der Waals surface area (Å²) in [6.07, 6.45) is 3.93. The summed E-state index contributed by atoms with van der Waals surface area (Å²) in [7, 11) is 0. The minimum absolute atomic E-state index is 0.0917. The highest BCUT2D eigenvalue weighted by molar-refractivity contribution is 5.46. The first-order chi connectivity index (χ1) is 11.7. The lowest BCUT2D eigenvalue weighted by Crippen LogP contribution is -2.42. The highest BCUT2D eigenvalue weighted by atomic mass is 16.6. The van der Waals surface area contributed by atoms with Crippen molar-refractivity contribution in [2.24, 2.45) is 5.92 Å². The molecule has 0 unspecified atom stereocenters. The number of nitro groups is 1. The van der Waals surface area contributed by atoms with Crippen molar-refractivity contribution in [1.82, 2.24) is 9.88 Å². The summed E-state index contributed by atoms with van der Waals surface area (Å²) in [5.74, 6) is 0.645. The summed E-state index contributed by atoms with van der Waals surface area (Å²) in [4.78, 5) is 18.8. The molecule has 0 bridgehead atoms. The normalized spacial score (nSPS) is 19.5. The quantitative estimate of drug-likeness (QED) is 0.621. The van der Waals surface area contributed by atoms with Crippen LogP contribution in [0.1, 0.15) is 26.7 Å². The second-order valence-corrected chi connectivity index (χ2v) is 5.98. The monoisotopic (exact) mass is 336 g/mol. The van der Waals surface area contributed by atoms with Crippen LogP contribution < -0.4 is 4.90 Å². The number of hydrogen-bond acceptors (Lipinski definition) is 6. The lowest BCUT2D eigenvalue weighted by molar-refractivity contribution is -0.389. The predicted octanol–water partition coefficient (Wildman–Crippen LogP) is 2.56. The second kappa shape index (κ2) is 9.54. The average Bonchev–Trinajstić information content (AvgIpc) is 2.65. The number of pyridine rings is 1. The summed E-state index contributed by atoms with van der Waals surface area (Å²) >= 11 is 0. The molecule has 0 aromatic carbocycles. The fourth-order valence-corrected chi connectivity index (χ4v) is 3.20. The predicted molar refractivity (Wildman–Crippen MR) is 94.4 cm³/mol. The van der Waals surface area contributed by atoms with E-state index in [1.54, 1.807) is 12.3 Å². The third kappa shape index (κ3) is 5.14. The van der Waals surface area contributed by atoms with E-state index in [2.05, 4.69) is 14.8 Å². The van der Waals surface area contributed by atoms with Gasteiger partial charge >= 0.3 is 5.82 Å². The number of anilines is 1. The molecule has 0 amide bonds. The molecule has 0 atom stereocenters. The third-order valence-corrected chi connectivity index (χ3v) is 4.52. The molecule has 7 heteroatoms. The van der Waals surface area contributed by atoms with Gasteiger partial charge in [0.1, 0.15) is 0 Å². The topological polar surface area (TPSA) is 71.7 Å². The van der Waals surface area contributed by atoms with Crippen LogP contribution in [0, 0.1) is 16.0 Å². The van der Waals surface area contributed by atoms with Gasteiger partial charge < -0.3 is 19.8 Å². The molecular formula is C17H28N4O3. The van der Waals surface area contributed by atoms with Crippen molar-refractivity contribution in [3.8, 4) is 0 Å². The zero-order valence-corrected chi connectivity index (χ0v) is 14.7. The Bertz CT molecular complexity index is 495. The molecule has 24 heavy (non-hydrogen) atoms. The first kappa shape index (κ1) is 18.6. The van der Waals surface area contributed by atoms with Crippen molar-refractivity contribution in [2.45, 2.75) is 26.7 Å². The van der Waals surface area contributed by atoms with Gasteiger partial charge in [-0.25, -0.2) is 0 Å². The van der Waals surface area contributed by atoms with E-state index in [0.29, 0.717) is 0 Å². The molecule has 2 aliphatic heterocycles. The minimum atomic E-state index is -0.460. The number of morpholine rings is 1. The number of aromatic nitrogens is 1. The van der Waals surface area contributed by atoms with E-state index in [9.17, 15) is 10.1 Å². The van der Waals surface area contributed by atoms with Crippen LogP contribution >= 0.6 is 0 Å². The van der Waals surface area contributed by atoms with Gasteiger partial charge in [0.15, 0.2) is 6.20 Å². The van der Waals surface area contributed by atoms with Crippen molar-refractivity contribution in [3.05, 3.63) is 28.4 Å². The van der Waals surface area contributed by atoms with Gasteiger partial charge in [0, 0.05) is 38.8 Å². The number of piperidine rings is 1. The number of hydrogen-bond donors (Lipinski definition) is 0. The van der Waals surface area contributed by atoms with Gasteiger partial charge in [-0.2, -0.15) is 0 Å². The first-order valence-electron chi connectivity index (χ1n) is 8.88. The van der Waals surface area contributed by atoms with Crippen LogP contribution in [0.4, 0.5) is 11.5 Å². The van der Waals surface area contributed by atoms with Gasteiger partial charge in [0.05, 0.1) is 18.9 Å². The Morgan fingerprint density at radius 2 is 1.88 bits per heavy atom. The minimum Gasteiger partial charge on any atom is -0.379 e. The molecule has 2 saturated heterocycles. The van der Waals surface area contributed by atoms with Crippen molar-refractivity contribution in [1.29, 1.82) is 0 Å². The van der Waals surface area contributed by atoms with Gasteiger partial charge in [0.2, 0.25) is 0 Å². The largest absolute Gasteiger partial charge is 0.379 e. The van der Waals surface area contributed by atoms with Gasteiger partial charge in [-0.1, -0.05) is 13.8 Å². The van der Waals surface area contributed by atoms with Crippen LogP contribution in [0.3, 0.4) is 0 Å². The molecule has 7 nitrogen and oxygen atoms in total. The molecule has 3 heterocycles. The molecule has 0 N–H and O–H groups in total. The zero-order chi connectivity index (χ0) is 17.4. The molecule has 1 aromatic heterocycles. The fraction of sp³-hybridized carbons (Fsp3) is 0.706. The molecule has 134 valence electrons. The molecule has 0 spiro atoms. The Balaban J connectivity index is 0.00000100. The number of nitrogens with zero attached hydrogens (tertiary/aromatic N) is 4. The van der Waals surface area contributed by atoms with Crippen molar-refractivity contribution in [3.63, 3.8) is 0 Å². The van der Waals surface area contributed by atoms with E-state index in [-0.39, 0.29) is 5.82 Å². The molecule has 0 saturated carbocycles. The third-order valence-electron chi connectivity index (χ3n) is 4.52. The molecule has 3 rings (SSSR count). The van der Waals surface area contributed by atoms with Gasteiger partial charge in [-0.3, -0.25) is 4.90 Å². The highest BCUT2D eigenvalue weighted by Gasteiger charge is 2.23. The fourth-order valence-electron chi connectivity index (χ4n) is 3.20. The lowest BCUT2D eigenvalue weighted by atomic mass is 9.95. The van der Waals surface area contributed by atoms with Gasteiger partial charge in [-0.05, 0) is 34.7 Å². The Morgan fingerprint density at radius 1 is 1.21 bits per heavy atom. The van der Waals surface area contributed by atoms with E-state index >= 15 is 0 Å². The maximum atomic E-state index is 10.6. The van der Waals surface area contributed by atoms with E-state index < -0.39 is 4.92 Å². The Kier molecular flexibility index (Phi) is 7.39. The molecule has 0 aliphatic carbocycles. The molecule has 2 fully saturated rings. The van der Waals surface area contributed by atoms with Crippen LogP contribution in [0.25, 0.3) is 0 Å². The van der Waals surface area contributed by atoms with Crippen molar-refractivity contribution < 1.29 is 9.66 Å². The van der Waals surface area contributed by atoms with Crippen LogP contribution in [0.15, 0.2) is 18.3 Å². The zero-order valence-electron chi connectivity index (χ0n) is 14.7. The smallest absolute Gasteiger partial charge is 0.363 e. The summed E-state index contributed by atoms with van der Waals surface area (Å²) < 4.78 is 5.39. The average molecular weight is 336 g/mol. The van der Waals surface area contributed by atoms with Crippen LogP contribution in [0.5, 0.6) is 0 Å². The summed E-state index contributed by atoms with van der Waals surface area (Å²) in [5.41, 5.74) is 0.982. The summed E-state index contributed by atoms with van der Waals surface area (Å²) in [6, 6.07) is 3.28. The maximum absolute atomic E-state index is 10.6. The number of ether oxygens (including phenoxy) is 1. The Labute approximate surface area is 143 Å². The van der Waals surface area contributed by atoms with Crippen LogP contribution in [-0.4, -0.2) is 60.7 Å². The van der Waals surface area contributed by atoms with Gasteiger partial charge in [0.25, 0.3) is 0 Å². The summed E-state index contributed by atoms with van der Waals surface area (Å²) in [6.45, 7) is 11.0. The number of rotatable bonds is 4. The van der Waals surface area contributed by atoms with E-state index in [1.807, 2.05) is 13.8 Å².